The summed E-state index contributed by atoms with van der Waals surface area (Å²) in [6.45, 7) is 7.76. The first kappa shape index (κ1) is 34.6. The van der Waals surface area contributed by atoms with Crippen LogP contribution in [-0.2, 0) is 30.8 Å². The molecule has 1 aromatic heterocycles. The number of anilines is 1. The van der Waals surface area contributed by atoms with Gasteiger partial charge in [-0.2, -0.15) is 12.7 Å². The van der Waals surface area contributed by atoms with E-state index in [9.17, 15) is 18.0 Å². The largest absolute Gasteiger partial charge is 0.444 e. The van der Waals surface area contributed by atoms with Crippen molar-refractivity contribution >= 4 is 39.6 Å². The fraction of sp³-hybridized carbons (Fsp3) is 0.607. The molecule has 1 fully saturated rings. The summed E-state index contributed by atoms with van der Waals surface area (Å²) in [6, 6.07) is 6.20. The van der Waals surface area contributed by atoms with Gasteiger partial charge in [-0.25, -0.2) is 4.79 Å². The molecule has 2 aromatic rings. The van der Waals surface area contributed by atoms with Crippen LogP contribution in [0.25, 0.3) is 0 Å². The third kappa shape index (κ3) is 8.60. The number of hydrogen-bond acceptors (Lipinski definition) is 9. The Morgan fingerprint density at radius 1 is 1.19 bits per heavy atom. The standard InChI is InChI=1S/C28H43ClN6O7S/c1-18(26(40-7)41-8)30-24(36)23-21(16-19-12-9-10-14-22(19)29)25(35(32-23)43(38,39)33(5)6)34-15-11-13-20(17-34)31-27(37)42-28(2,3)4/h9-10,12,14,18,20,26H,11,13,15-17H2,1-8H3,(H,30,36)(H,31,37)/t18?,20-/m1/s1. The molecule has 1 unspecified atom stereocenters. The Balaban J connectivity index is 2.15. The number of halogens is 1. The number of methoxy groups -OCH3 is 2. The number of amides is 2. The third-order valence-corrected chi connectivity index (χ3v) is 8.80. The Kier molecular flexibility index (Phi) is 11.5. The van der Waals surface area contributed by atoms with E-state index in [1.54, 1.807) is 39.8 Å². The average molecular weight is 643 g/mol. The second kappa shape index (κ2) is 14.2. The highest BCUT2D eigenvalue weighted by Crippen LogP contribution is 2.33. The number of ether oxygens (including phenoxy) is 3. The van der Waals surface area contributed by atoms with Gasteiger partial charge in [0.05, 0.1) is 6.04 Å². The maximum atomic E-state index is 13.7. The molecule has 0 aliphatic carbocycles. The van der Waals surface area contributed by atoms with Gasteiger partial charge in [-0.3, -0.25) is 4.79 Å². The van der Waals surface area contributed by atoms with Crippen LogP contribution in [0.3, 0.4) is 0 Å². The Labute approximate surface area is 259 Å². The van der Waals surface area contributed by atoms with Crippen molar-refractivity contribution in [3.63, 3.8) is 0 Å². The highest BCUT2D eigenvalue weighted by atomic mass is 35.5. The van der Waals surface area contributed by atoms with Crippen molar-refractivity contribution in [3.05, 3.63) is 46.1 Å². The lowest BCUT2D eigenvalue weighted by Crippen LogP contribution is -2.50. The van der Waals surface area contributed by atoms with Gasteiger partial charge in [0.15, 0.2) is 12.0 Å². The molecule has 2 atom stereocenters. The maximum Gasteiger partial charge on any atom is 0.407 e. The molecule has 3 rings (SSSR count). The van der Waals surface area contributed by atoms with Crippen LogP contribution in [0.2, 0.25) is 5.02 Å². The summed E-state index contributed by atoms with van der Waals surface area (Å²) in [7, 11) is 1.50. The van der Waals surface area contributed by atoms with E-state index < -0.39 is 40.1 Å². The minimum atomic E-state index is -4.19. The number of piperidine rings is 1. The molecule has 2 amide bonds. The minimum Gasteiger partial charge on any atom is -0.444 e. The Morgan fingerprint density at radius 3 is 2.42 bits per heavy atom. The van der Waals surface area contributed by atoms with Crippen LogP contribution in [0, 0.1) is 0 Å². The fourth-order valence-electron chi connectivity index (χ4n) is 4.83. The highest BCUT2D eigenvalue weighted by Gasteiger charge is 2.36. The second-order valence-corrected chi connectivity index (χ2v) is 14.0. The predicted molar refractivity (Wildman–Crippen MR) is 164 cm³/mol. The smallest absolute Gasteiger partial charge is 0.407 e. The Hall–Kier alpha value is -2.91. The first-order chi connectivity index (χ1) is 20.1. The van der Waals surface area contributed by atoms with Gasteiger partial charge in [0.25, 0.3) is 5.91 Å². The molecule has 13 nitrogen and oxygen atoms in total. The number of alkyl carbamates (subject to hydrolysis) is 1. The average Bonchev–Trinajstić information content (AvgIpc) is 3.29. The molecule has 1 aromatic carbocycles. The lowest BCUT2D eigenvalue weighted by molar-refractivity contribution is -0.117. The normalized spacial score (nSPS) is 16.8. The van der Waals surface area contributed by atoms with Crippen LogP contribution in [0.1, 0.15) is 62.2 Å². The lowest BCUT2D eigenvalue weighted by Gasteiger charge is -2.35. The molecular formula is C28H43ClN6O7S. The quantitative estimate of drug-likeness (QED) is 0.353. The van der Waals surface area contributed by atoms with Gasteiger partial charge < -0.3 is 29.7 Å². The van der Waals surface area contributed by atoms with Crippen LogP contribution in [0.15, 0.2) is 24.3 Å². The van der Waals surface area contributed by atoms with Crippen LogP contribution < -0.4 is 15.5 Å². The topological polar surface area (TPSA) is 144 Å². The zero-order valence-corrected chi connectivity index (χ0v) is 27.6. The maximum absolute atomic E-state index is 13.7. The van der Waals surface area contributed by atoms with Crippen LogP contribution in [-0.4, -0.2) is 99.3 Å². The molecular weight excluding hydrogens is 600 g/mol. The monoisotopic (exact) mass is 642 g/mol. The summed E-state index contributed by atoms with van der Waals surface area (Å²) < 4.78 is 45.2. The van der Waals surface area contributed by atoms with Gasteiger partial charge in [0.1, 0.15) is 11.4 Å². The van der Waals surface area contributed by atoms with Gasteiger partial charge >= 0.3 is 16.3 Å². The van der Waals surface area contributed by atoms with Crippen LogP contribution in [0.5, 0.6) is 0 Å². The lowest BCUT2D eigenvalue weighted by atomic mass is 10.0. The molecule has 240 valence electrons. The van der Waals surface area contributed by atoms with E-state index in [4.69, 9.17) is 25.8 Å². The molecule has 0 spiro atoms. The summed E-state index contributed by atoms with van der Waals surface area (Å²) in [5.41, 5.74) is 0.289. The predicted octanol–water partition coefficient (Wildman–Crippen LogP) is 3.01. The molecule has 1 saturated heterocycles. The number of nitrogens with one attached hydrogen (secondary N) is 2. The van der Waals surface area contributed by atoms with Crippen molar-refractivity contribution in [1.29, 1.82) is 0 Å². The number of hydrogen-bond donors (Lipinski definition) is 2. The molecule has 0 bridgehead atoms. The zero-order chi connectivity index (χ0) is 32.1. The summed E-state index contributed by atoms with van der Waals surface area (Å²) in [5.74, 6) is -0.389. The van der Waals surface area contributed by atoms with Crippen molar-refractivity contribution in [2.75, 3.05) is 46.3 Å². The summed E-state index contributed by atoms with van der Waals surface area (Å²) >= 11 is 6.53. The van der Waals surface area contributed by atoms with E-state index >= 15 is 0 Å². The molecule has 43 heavy (non-hydrogen) atoms. The Bertz CT molecular complexity index is 1390. The summed E-state index contributed by atoms with van der Waals surface area (Å²) in [5, 5.41) is 10.6. The van der Waals surface area contributed by atoms with E-state index in [1.807, 2.05) is 17.0 Å². The van der Waals surface area contributed by atoms with Gasteiger partial charge in [0.2, 0.25) is 0 Å². The van der Waals surface area contributed by atoms with Gasteiger partial charge in [0, 0.05) is 64.5 Å². The van der Waals surface area contributed by atoms with E-state index in [2.05, 4.69) is 15.7 Å². The van der Waals surface area contributed by atoms with Crippen molar-refractivity contribution < 1.29 is 32.2 Å². The van der Waals surface area contributed by atoms with Crippen molar-refractivity contribution in [3.8, 4) is 0 Å². The van der Waals surface area contributed by atoms with Gasteiger partial charge in [-0.15, -0.1) is 9.19 Å². The van der Waals surface area contributed by atoms with E-state index in [0.717, 1.165) is 8.39 Å². The van der Waals surface area contributed by atoms with E-state index in [-0.39, 0.29) is 30.5 Å². The van der Waals surface area contributed by atoms with Gasteiger partial charge in [-0.1, -0.05) is 29.8 Å². The fourth-order valence-corrected chi connectivity index (χ4v) is 5.97. The summed E-state index contributed by atoms with van der Waals surface area (Å²) in [4.78, 5) is 28.1. The summed E-state index contributed by atoms with van der Waals surface area (Å²) in [6.07, 6.45) is 0.106. The van der Waals surface area contributed by atoms with E-state index in [0.29, 0.717) is 35.5 Å². The first-order valence-corrected chi connectivity index (χ1v) is 15.8. The molecule has 1 aliphatic heterocycles. The third-order valence-electron chi connectivity index (χ3n) is 6.82. The van der Waals surface area contributed by atoms with Gasteiger partial charge in [-0.05, 0) is 52.2 Å². The number of aromatic nitrogens is 2. The first-order valence-electron chi connectivity index (χ1n) is 14.0. The molecule has 15 heteroatoms. The number of benzene rings is 1. The van der Waals surface area contributed by atoms with Crippen molar-refractivity contribution in [1.82, 2.24) is 24.1 Å². The molecule has 0 saturated carbocycles. The second-order valence-electron chi connectivity index (χ2n) is 11.6. The number of carbonyl (C=O) groups excluding carboxylic acids is 2. The SMILES string of the molecule is COC(OC)C(C)NC(=O)c1nn(S(=O)(=O)N(C)C)c(N2CCC[C@@H](NC(=O)OC(C)(C)C)C2)c1Cc1ccccc1Cl. The van der Waals surface area contributed by atoms with E-state index in [1.165, 1.54) is 28.3 Å². The number of carbonyl (C=O) groups is 2. The number of nitrogens with zero attached hydrogens (tertiary/aromatic N) is 4. The van der Waals surface area contributed by atoms with Crippen LogP contribution >= 0.6 is 11.6 Å². The highest BCUT2D eigenvalue weighted by molar-refractivity contribution is 7.87. The zero-order valence-electron chi connectivity index (χ0n) is 26.0. The Morgan fingerprint density at radius 2 is 1.84 bits per heavy atom. The molecule has 2 N–H and O–H groups in total. The number of rotatable bonds is 11. The molecule has 2 heterocycles. The molecule has 0 radical (unpaired) electrons. The minimum absolute atomic E-state index is 0.0830. The van der Waals surface area contributed by atoms with Crippen molar-refractivity contribution in [2.24, 2.45) is 0 Å². The molecule has 1 aliphatic rings. The van der Waals surface area contributed by atoms with Crippen molar-refractivity contribution in [2.45, 2.75) is 70.9 Å². The van der Waals surface area contributed by atoms with Crippen LogP contribution in [0.4, 0.5) is 10.6 Å².